The van der Waals surface area contributed by atoms with Gasteiger partial charge in [0, 0.05) is 15.6 Å². The summed E-state index contributed by atoms with van der Waals surface area (Å²) in [7, 11) is 1.64. The summed E-state index contributed by atoms with van der Waals surface area (Å²) in [5, 5.41) is 4.89. The number of amides is 1. The number of benzene rings is 1. The van der Waals surface area contributed by atoms with Crippen LogP contribution in [0.1, 0.15) is 48.2 Å². The fourth-order valence-corrected chi connectivity index (χ4v) is 7.27. The summed E-state index contributed by atoms with van der Waals surface area (Å²) in [6.45, 7) is 0. The van der Waals surface area contributed by atoms with E-state index in [2.05, 4.69) is 5.32 Å². The summed E-state index contributed by atoms with van der Waals surface area (Å²) in [4.78, 5) is 13.7. The summed E-state index contributed by atoms with van der Waals surface area (Å²) in [5.74, 6) is 3.21. The van der Waals surface area contributed by atoms with Crippen LogP contribution >= 0.6 is 22.9 Å². The Morgan fingerprint density at radius 3 is 2.44 bits per heavy atom. The molecule has 1 amide bonds. The van der Waals surface area contributed by atoms with Crippen molar-refractivity contribution in [3.05, 3.63) is 28.1 Å². The lowest BCUT2D eigenvalue weighted by molar-refractivity contribution is -0.0166. The normalized spacial score (nSPS) is 33.0. The van der Waals surface area contributed by atoms with Crippen molar-refractivity contribution < 1.29 is 9.53 Å². The lowest BCUT2D eigenvalue weighted by Crippen LogP contribution is -2.59. The van der Waals surface area contributed by atoms with Crippen LogP contribution in [0.3, 0.4) is 0 Å². The molecule has 25 heavy (non-hydrogen) atoms. The van der Waals surface area contributed by atoms with E-state index >= 15 is 0 Å². The van der Waals surface area contributed by atoms with Crippen molar-refractivity contribution in [3.8, 4) is 5.75 Å². The molecule has 0 aliphatic heterocycles. The van der Waals surface area contributed by atoms with Gasteiger partial charge in [-0.3, -0.25) is 4.79 Å². The molecule has 4 fully saturated rings. The molecular formula is C20H22ClNO2S. The van der Waals surface area contributed by atoms with Crippen LogP contribution in [0.2, 0.25) is 5.02 Å². The number of carbonyl (C=O) groups excluding carboxylic acids is 1. The second-order valence-electron chi connectivity index (χ2n) is 8.26. The monoisotopic (exact) mass is 375 g/mol. The Bertz CT molecular complexity index is 823. The number of fused-ring (bicyclic) bond motifs is 1. The van der Waals surface area contributed by atoms with Gasteiger partial charge in [-0.15, -0.1) is 11.3 Å². The number of halogens is 1. The molecule has 1 heterocycles. The van der Waals surface area contributed by atoms with Crippen molar-refractivity contribution in [2.45, 2.75) is 44.1 Å². The lowest BCUT2D eigenvalue weighted by atomic mass is 9.53. The number of rotatable bonds is 3. The highest BCUT2D eigenvalue weighted by molar-refractivity contribution is 7.21. The molecule has 1 N–H and O–H groups in total. The fourth-order valence-electron chi connectivity index (χ4n) is 5.88. The Kier molecular flexibility index (Phi) is 3.58. The molecule has 4 saturated carbocycles. The van der Waals surface area contributed by atoms with Crippen molar-refractivity contribution >= 4 is 38.9 Å². The SMILES string of the molecule is COc1ccc2sc(C(=O)NC34CC5CC(CC(C5)C3)C4)c(Cl)c2c1. The zero-order valence-corrected chi connectivity index (χ0v) is 15.9. The van der Waals surface area contributed by atoms with Crippen LogP contribution in [0, 0.1) is 17.8 Å². The van der Waals surface area contributed by atoms with Gasteiger partial charge < -0.3 is 10.1 Å². The molecule has 1 aromatic heterocycles. The van der Waals surface area contributed by atoms with Crippen molar-refractivity contribution in [2.24, 2.45) is 17.8 Å². The van der Waals surface area contributed by atoms with Gasteiger partial charge >= 0.3 is 0 Å². The number of nitrogens with one attached hydrogen (secondary N) is 1. The standard InChI is InChI=1S/C20H22ClNO2S/c1-24-14-2-3-16-15(7-14)17(21)18(25-16)19(23)22-20-8-11-4-12(9-20)6-13(5-11)10-20/h2-3,7,11-13H,4-6,8-10H2,1H3,(H,22,23). The molecule has 1 aromatic carbocycles. The summed E-state index contributed by atoms with van der Waals surface area (Å²) in [6, 6.07) is 5.80. The van der Waals surface area contributed by atoms with Crippen LogP contribution in [-0.2, 0) is 0 Å². The van der Waals surface area contributed by atoms with Gasteiger partial charge in [0.05, 0.1) is 12.1 Å². The van der Waals surface area contributed by atoms with E-state index in [1.165, 1.54) is 30.6 Å². The largest absolute Gasteiger partial charge is 0.497 e. The average Bonchev–Trinajstić information content (AvgIpc) is 2.89. The van der Waals surface area contributed by atoms with Crippen LogP contribution in [0.25, 0.3) is 10.1 Å². The van der Waals surface area contributed by atoms with Crippen LogP contribution in [-0.4, -0.2) is 18.6 Å². The van der Waals surface area contributed by atoms with Crippen LogP contribution in [0.5, 0.6) is 5.75 Å². The smallest absolute Gasteiger partial charge is 0.263 e. The van der Waals surface area contributed by atoms with Gasteiger partial charge in [-0.1, -0.05) is 11.6 Å². The highest BCUT2D eigenvalue weighted by Crippen LogP contribution is 2.55. The third-order valence-electron chi connectivity index (χ3n) is 6.46. The molecule has 0 radical (unpaired) electrons. The summed E-state index contributed by atoms with van der Waals surface area (Å²) in [5.41, 5.74) is 0.0169. The second kappa shape index (κ2) is 5.62. The molecule has 4 aliphatic rings. The third kappa shape index (κ3) is 2.57. The molecule has 0 atom stereocenters. The minimum Gasteiger partial charge on any atom is -0.497 e. The first-order valence-corrected chi connectivity index (χ1v) is 10.3. The number of hydrogen-bond acceptors (Lipinski definition) is 3. The maximum absolute atomic E-state index is 13.1. The van der Waals surface area contributed by atoms with E-state index in [9.17, 15) is 4.79 Å². The Balaban J connectivity index is 1.45. The summed E-state index contributed by atoms with van der Waals surface area (Å²) < 4.78 is 6.31. The van der Waals surface area contributed by atoms with Crippen LogP contribution < -0.4 is 10.1 Å². The van der Waals surface area contributed by atoms with E-state index in [-0.39, 0.29) is 11.4 Å². The zero-order chi connectivity index (χ0) is 17.2. The van der Waals surface area contributed by atoms with E-state index in [4.69, 9.17) is 16.3 Å². The Morgan fingerprint density at radius 1 is 1.20 bits per heavy atom. The van der Waals surface area contributed by atoms with Gasteiger partial charge in [0.1, 0.15) is 10.6 Å². The first kappa shape index (κ1) is 16.0. The maximum Gasteiger partial charge on any atom is 0.263 e. The van der Waals surface area contributed by atoms with E-state index in [0.717, 1.165) is 52.9 Å². The van der Waals surface area contributed by atoms with Crippen molar-refractivity contribution in [1.29, 1.82) is 0 Å². The molecule has 3 nitrogen and oxygen atoms in total. The zero-order valence-electron chi connectivity index (χ0n) is 14.3. The first-order valence-electron chi connectivity index (χ1n) is 9.14. The number of carbonyl (C=O) groups is 1. The lowest BCUT2D eigenvalue weighted by Gasteiger charge is -2.56. The van der Waals surface area contributed by atoms with Gasteiger partial charge in [0.2, 0.25) is 0 Å². The van der Waals surface area contributed by atoms with Gasteiger partial charge in [0.25, 0.3) is 5.91 Å². The molecule has 0 unspecified atom stereocenters. The molecule has 4 aliphatic carbocycles. The highest BCUT2D eigenvalue weighted by atomic mass is 35.5. The first-order chi connectivity index (χ1) is 12.0. The maximum atomic E-state index is 13.1. The predicted octanol–water partition coefficient (Wildman–Crippen LogP) is 5.26. The minimum absolute atomic E-state index is 0.00659. The molecule has 0 spiro atoms. The van der Waals surface area contributed by atoms with E-state index in [0.29, 0.717) is 9.90 Å². The molecule has 2 aromatic rings. The van der Waals surface area contributed by atoms with Gasteiger partial charge in [-0.25, -0.2) is 0 Å². The molecule has 0 saturated heterocycles. The van der Waals surface area contributed by atoms with Gasteiger partial charge in [0.15, 0.2) is 0 Å². The Labute approximate surface area is 156 Å². The van der Waals surface area contributed by atoms with Crippen molar-refractivity contribution in [3.63, 3.8) is 0 Å². The van der Waals surface area contributed by atoms with Crippen molar-refractivity contribution in [2.75, 3.05) is 7.11 Å². The predicted molar refractivity (Wildman–Crippen MR) is 102 cm³/mol. The number of methoxy groups -OCH3 is 1. The number of thiophene rings is 1. The van der Waals surface area contributed by atoms with E-state index < -0.39 is 0 Å². The second-order valence-corrected chi connectivity index (χ2v) is 9.69. The van der Waals surface area contributed by atoms with Gasteiger partial charge in [-0.05, 0) is 74.5 Å². The molecule has 4 bridgehead atoms. The molecule has 132 valence electrons. The Hall–Kier alpha value is -1.26. The fraction of sp³-hybridized carbons (Fsp3) is 0.550. The molecule has 5 heteroatoms. The third-order valence-corrected chi connectivity index (χ3v) is 8.13. The van der Waals surface area contributed by atoms with Crippen molar-refractivity contribution in [1.82, 2.24) is 5.32 Å². The Morgan fingerprint density at radius 2 is 1.84 bits per heavy atom. The van der Waals surface area contributed by atoms with Gasteiger partial charge in [-0.2, -0.15) is 0 Å². The van der Waals surface area contributed by atoms with Crippen LogP contribution in [0.15, 0.2) is 18.2 Å². The van der Waals surface area contributed by atoms with Crippen LogP contribution in [0.4, 0.5) is 0 Å². The molecular weight excluding hydrogens is 354 g/mol. The number of ether oxygens (including phenoxy) is 1. The number of hydrogen-bond donors (Lipinski definition) is 1. The highest BCUT2D eigenvalue weighted by Gasteiger charge is 2.51. The minimum atomic E-state index is 0.00659. The summed E-state index contributed by atoms with van der Waals surface area (Å²) in [6.07, 6.45) is 7.58. The van der Waals surface area contributed by atoms with E-state index in [1.807, 2.05) is 18.2 Å². The quantitative estimate of drug-likeness (QED) is 0.794. The van der Waals surface area contributed by atoms with E-state index in [1.54, 1.807) is 7.11 Å². The molecule has 6 rings (SSSR count). The topological polar surface area (TPSA) is 38.3 Å². The average molecular weight is 376 g/mol. The summed E-state index contributed by atoms with van der Waals surface area (Å²) >= 11 is 8.04.